The van der Waals surface area contributed by atoms with E-state index >= 15 is 0 Å². The molecule has 0 aliphatic carbocycles. The highest BCUT2D eigenvalue weighted by atomic mass is 16.5. The van der Waals surface area contributed by atoms with Gasteiger partial charge in [0.25, 0.3) is 0 Å². The Morgan fingerprint density at radius 2 is 1.88 bits per heavy atom. The Balaban J connectivity index is 1.24. The van der Waals surface area contributed by atoms with Crippen LogP contribution in [0.15, 0.2) is 54.6 Å². The molecule has 2 aromatic rings. The third kappa shape index (κ3) is 4.95. The van der Waals surface area contributed by atoms with Crippen molar-refractivity contribution in [3.8, 4) is 5.75 Å². The summed E-state index contributed by atoms with van der Waals surface area (Å²) in [5, 5.41) is 0. The van der Waals surface area contributed by atoms with Crippen LogP contribution in [0.2, 0.25) is 0 Å². The maximum Gasteiger partial charge on any atom is 0.227 e. The van der Waals surface area contributed by atoms with Crippen LogP contribution in [0.3, 0.4) is 0 Å². The van der Waals surface area contributed by atoms with Crippen LogP contribution in [0.25, 0.3) is 0 Å². The highest BCUT2D eigenvalue weighted by Gasteiger charge is 2.37. The summed E-state index contributed by atoms with van der Waals surface area (Å²) in [5.74, 6) is 0.338. The average molecular weight is 437 g/mol. The summed E-state index contributed by atoms with van der Waals surface area (Å²) in [6.07, 6.45) is 3.19. The molecule has 0 bridgehead atoms. The van der Waals surface area contributed by atoms with E-state index in [9.17, 15) is 9.59 Å². The number of rotatable bonds is 8. The Morgan fingerprint density at radius 1 is 1.12 bits per heavy atom. The molecule has 0 spiro atoms. The molecular weight excluding hydrogens is 404 g/mol. The van der Waals surface area contributed by atoms with Crippen LogP contribution in [-0.2, 0) is 9.59 Å². The lowest BCUT2D eigenvalue weighted by molar-refractivity contribution is -0.134. The van der Waals surface area contributed by atoms with Crippen molar-refractivity contribution in [2.24, 2.45) is 5.92 Å². The number of nitrogens with one attached hydrogen (secondary N) is 2. The number of benzene rings is 2. The van der Waals surface area contributed by atoms with Crippen molar-refractivity contribution in [3.05, 3.63) is 60.2 Å². The number of para-hydroxylation sites is 2. The molecule has 3 atom stereocenters. The number of carbonyl (C=O) groups excluding carboxylic acids is 2. The number of hydrazine groups is 1. The number of anilines is 1. The van der Waals surface area contributed by atoms with Gasteiger partial charge in [-0.1, -0.05) is 42.5 Å². The van der Waals surface area contributed by atoms with Gasteiger partial charge in [0, 0.05) is 38.6 Å². The number of ether oxygens (including phenoxy) is 1. The first-order chi connectivity index (χ1) is 15.6. The first kappa shape index (κ1) is 22.3. The van der Waals surface area contributed by atoms with Crippen LogP contribution in [0.1, 0.15) is 37.3 Å². The molecule has 2 aliphatic rings. The minimum absolute atomic E-state index is 0.0329. The number of hydrogen-bond acceptors (Lipinski definition) is 5. The van der Waals surface area contributed by atoms with Crippen LogP contribution < -0.4 is 20.5 Å². The van der Waals surface area contributed by atoms with Gasteiger partial charge >= 0.3 is 0 Å². The van der Waals surface area contributed by atoms with Crippen LogP contribution in [0, 0.1) is 5.92 Å². The lowest BCUT2D eigenvalue weighted by Crippen LogP contribution is -2.36. The molecule has 7 nitrogen and oxygen atoms in total. The third-order valence-corrected chi connectivity index (χ3v) is 6.46. The lowest BCUT2D eigenvalue weighted by atomic mass is 9.99. The molecular formula is C25H32N4O3. The minimum atomic E-state index is -0.314. The highest BCUT2D eigenvalue weighted by Crippen LogP contribution is 2.33. The number of methoxy groups -OCH3 is 1. The zero-order chi connectivity index (χ0) is 22.5. The maximum atomic E-state index is 13.0. The molecule has 2 heterocycles. The van der Waals surface area contributed by atoms with Gasteiger partial charge in [0.05, 0.1) is 18.7 Å². The van der Waals surface area contributed by atoms with Gasteiger partial charge in [-0.05, 0) is 37.0 Å². The van der Waals surface area contributed by atoms with Gasteiger partial charge in [0.2, 0.25) is 11.8 Å². The van der Waals surface area contributed by atoms with Crippen molar-refractivity contribution < 1.29 is 14.3 Å². The van der Waals surface area contributed by atoms with Crippen molar-refractivity contribution >= 4 is 17.5 Å². The van der Waals surface area contributed by atoms with Gasteiger partial charge in [-0.15, -0.1) is 0 Å². The van der Waals surface area contributed by atoms with Crippen molar-refractivity contribution in [1.82, 2.24) is 15.8 Å². The summed E-state index contributed by atoms with van der Waals surface area (Å²) >= 11 is 0. The number of carbonyl (C=O) groups is 2. The quantitative estimate of drug-likeness (QED) is 0.666. The van der Waals surface area contributed by atoms with E-state index in [0.29, 0.717) is 30.9 Å². The van der Waals surface area contributed by atoms with Gasteiger partial charge in [0.15, 0.2) is 0 Å². The van der Waals surface area contributed by atoms with Crippen LogP contribution in [0.5, 0.6) is 5.75 Å². The minimum Gasteiger partial charge on any atom is -0.495 e. The zero-order valence-electron chi connectivity index (χ0n) is 18.8. The van der Waals surface area contributed by atoms with Crippen LogP contribution in [-0.4, -0.2) is 50.0 Å². The predicted octanol–water partition coefficient (Wildman–Crippen LogP) is 2.89. The average Bonchev–Trinajstić information content (AvgIpc) is 3.46. The number of nitrogens with zero attached hydrogens (tertiary/aromatic N) is 2. The molecule has 7 heteroatoms. The van der Waals surface area contributed by atoms with E-state index < -0.39 is 0 Å². The third-order valence-electron chi connectivity index (χ3n) is 6.46. The molecule has 0 saturated carbocycles. The van der Waals surface area contributed by atoms with Gasteiger partial charge < -0.3 is 14.5 Å². The Kier molecular flexibility index (Phi) is 7.07. The molecule has 4 rings (SSSR count). The Hall–Kier alpha value is -2.90. The van der Waals surface area contributed by atoms with Gasteiger partial charge in [-0.3, -0.25) is 20.4 Å². The molecule has 32 heavy (non-hydrogen) atoms. The maximum absolute atomic E-state index is 13.0. The first-order valence-electron chi connectivity index (χ1n) is 11.3. The summed E-state index contributed by atoms with van der Waals surface area (Å²) in [6, 6.07) is 18.6. The monoisotopic (exact) mass is 436 g/mol. The first-order valence-corrected chi connectivity index (χ1v) is 11.3. The Morgan fingerprint density at radius 3 is 2.66 bits per heavy atom. The highest BCUT2D eigenvalue weighted by molar-refractivity contribution is 6.01. The fourth-order valence-corrected chi connectivity index (χ4v) is 4.67. The van der Waals surface area contributed by atoms with Crippen LogP contribution in [0.4, 0.5) is 5.69 Å². The molecule has 2 aromatic carbocycles. The largest absolute Gasteiger partial charge is 0.495 e. The zero-order valence-corrected chi connectivity index (χ0v) is 18.8. The second-order valence-corrected chi connectivity index (χ2v) is 8.66. The van der Waals surface area contributed by atoms with E-state index in [1.165, 1.54) is 5.56 Å². The summed E-state index contributed by atoms with van der Waals surface area (Å²) in [7, 11) is 3.43. The van der Waals surface area contributed by atoms with Gasteiger partial charge in [0.1, 0.15) is 5.75 Å². The molecule has 0 radical (unpaired) electrons. The molecule has 2 amide bonds. The van der Waals surface area contributed by atoms with Crippen LogP contribution >= 0.6 is 0 Å². The summed E-state index contributed by atoms with van der Waals surface area (Å²) in [6.45, 7) is 1.08. The van der Waals surface area contributed by atoms with Crippen molar-refractivity contribution in [1.29, 1.82) is 0 Å². The predicted molar refractivity (Wildman–Crippen MR) is 124 cm³/mol. The molecule has 170 valence electrons. The fourth-order valence-electron chi connectivity index (χ4n) is 4.67. The van der Waals surface area contributed by atoms with Gasteiger partial charge in [-0.2, -0.15) is 0 Å². The summed E-state index contributed by atoms with van der Waals surface area (Å²) < 4.78 is 5.39. The van der Waals surface area contributed by atoms with Crippen molar-refractivity contribution in [2.45, 2.75) is 37.8 Å². The SMILES string of the molecule is COc1ccccc1N1CC(C(=O)N(C)CCCC2CC(c3ccccc3)NN2)CC1=O. The number of amides is 2. The summed E-state index contributed by atoms with van der Waals surface area (Å²) in [5.41, 5.74) is 8.79. The molecule has 3 unspecified atom stereocenters. The van der Waals surface area contributed by atoms with E-state index in [2.05, 4.69) is 35.1 Å². The Labute approximate surface area is 189 Å². The smallest absolute Gasteiger partial charge is 0.227 e. The second-order valence-electron chi connectivity index (χ2n) is 8.66. The van der Waals surface area contributed by atoms with Crippen molar-refractivity contribution in [2.75, 3.05) is 32.1 Å². The van der Waals surface area contributed by atoms with E-state index in [-0.39, 0.29) is 24.2 Å². The van der Waals surface area contributed by atoms with E-state index in [4.69, 9.17) is 4.74 Å². The van der Waals surface area contributed by atoms with E-state index in [1.54, 1.807) is 16.9 Å². The van der Waals surface area contributed by atoms with E-state index in [0.717, 1.165) is 24.9 Å². The van der Waals surface area contributed by atoms with E-state index in [1.807, 2.05) is 37.4 Å². The Bertz CT molecular complexity index is 936. The molecule has 0 aromatic heterocycles. The topological polar surface area (TPSA) is 73.9 Å². The second kappa shape index (κ2) is 10.1. The standard InChI is InChI=1S/C25H32N4O3/c1-28(14-8-11-20-16-21(27-26-20)18-9-4-3-5-10-18)25(31)19-15-24(30)29(17-19)22-12-6-7-13-23(22)32-2/h3-7,9-10,12-13,19-21,26-27H,8,11,14-17H2,1-2H3. The molecule has 2 saturated heterocycles. The van der Waals surface area contributed by atoms with Crippen molar-refractivity contribution in [3.63, 3.8) is 0 Å². The fraction of sp³-hybridized carbons (Fsp3) is 0.440. The van der Waals surface area contributed by atoms with Gasteiger partial charge in [-0.25, -0.2) is 0 Å². The number of hydrogen-bond donors (Lipinski definition) is 2. The molecule has 2 N–H and O–H groups in total. The molecule has 2 fully saturated rings. The molecule has 2 aliphatic heterocycles. The normalized spacial score (nSPS) is 22.9. The lowest BCUT2D eigenvalue weighted by Gasteiger charge is -2.22. The summed E-state index contributed by atoms with van der Waals surface area (Å²) in [4.78, 5) is 29.0.